The highest BCUT2D eigenvalue weighted by atomic mass is 19.4. The molecule has 3 aromatic rings. The number of aromatic amines is 1. The summed E-state index contributed by atoms with van der Waals surface area (Å²) >= 11 is 0. The van der Waals surface area contributed by atoms with Crippen LogP contribution in [0, 0.1) is 10.1 Å². The highest BCUT2D eigenvalue weighted by Gasteiger charge is 2.29. The number of imidazole rings is 1. The molecule has 2 aromatic carbocycles. The first-order chi connectivity index (χ1) is 14.7. The zero-order chi connectivity index (χ0) is 22.2. The topological polar surface area (TPSA) is 110 Å². The molecule has 0 aliphatic heterocycles. The van der Waals surface area contributed by atoms with Gasteiger partial charge in [0.15, 0.2) is 6.61 Å². The number of nitrogens with one attached hydrogen (secondary N) is 2. The lowest BCUT2D eigenvalue weighted by Crippen LogP contribution is -2.20. The average Bonchev–Trinajstić information content (AvgIpc) is 3.06. The molecule has 0 spiro atoms. The molecular formula is C20H17F3N4O4. The number of nitro benzene ring substituents is 1. The Hall–Kier alpha value is -3.63. The summed E-state index contributed by atoms with van der Waals surface area (Å²) in [6.07, 6.45) is -1.28. The third-order valence-corrected chi connectivity index (χ3v) is 5.06. The normalized spacial score (nSPS) is 14.3. The predicted octanol–water partition coefficient (Wildman–Crippen LogP) is 4.93. The lowest BCUT2D eigenvalue weighted by atomic mass is 9.85. The number of carbonyl (C=O) groups excluding carboxylic acids is 1. The van der Waals surface area contributed by atoms with Crippen LogP contribution < -0.4 is 10.1 Å². The zero-order valence-corrected chi connectivity index (χ0v) is 16.0. The van der Waals surface area contributed by atoms with E-state index in [1.807, 2.05) is 0 Å². The van der Waals surface area contributed by atoms with E-state index in [0.29, 0.717) is 17.1 Å². The zero-order valence-electron chi connectivity index (χ0n) is 16.0. The van der Waals surface area contributed by atoms with Crippen LogP contribution in [-0.4, -0.2) is 33.6 Å². The second-order valence-electron chi connectivity index (χ2n) is 7.28. The molecule has 31 heavy (non-hydrogen) atoms. The third kappa shape index (κ3) is 4.60. The minimum atomic E-state index is -4.58. The second kappa shape index (κ2) is 7.89. The Kier molecular flexibility index (Phi) is 5.25. The minimum absolute atomic E-state index is 0.303. The summed E-state index contributed by atoms with van der Waals surface area (Å²) < 4.78 is 41.7. The Morgan fingerprint density at radius 2 is 2.03 bits per heavy atom. The monoisotopic (exact) mass is 434 g/mol. The predicted molar refractivity (Wildman–Crippen MR) is 105 cm³/mol. The first kappa shape index (κ1) is 20.6. The van der Waals surface area contributed by atoms with Crippen molar-refractivity contribution in [3.8, 4) is 5.75 Å². The summed E-state index contributed by atoms with van der Waals surface area (Å²) in [5.41, 5.74) is 0.832. The molecule has 2 N–H and O–H groups in total. The molecule has 1 aliphatic carbocycles. The van der Waals surface area contributed by atoms with Crippen LogP contribution in [0.1, 0.15) is 41.4 Å². The van der Waals surface area contributed by atoms with Crippen molar-refractivity contribution in [1.29, 1.82) is 0 Å². The Balaban J connectivity index is 1.57. The van der Waals surface area contributed by atoms with Gasteiger partial charge in [0.2, 0.25) is 0 Å². The van der Waals surface area contributed by atoms with Gasteiger partial charge in [0.1, 0.15) is 17.1 Å². The summed E-state index contributed by atoms with van der Waals surface area (Å²) in [6.45, 7) is -1.58. The van der Waals surface area contributed by atoms with Crippen molar-refractivity contribution in [3.63, 3.8) is 0 Å². The number of anilines is 1. The van der Waals surface area contributed by atoms with Gasteiger partial charge in [-0.15, -0.1) is 0 Å². The summed E-state index contributed by atoms with van der Waals surface area (Å²) in [6, 6.07) is 7.83. The summed E-state index contributed by atoms with van der Waals surface area (Å²) in [5.74, 6) is 0.131. The van der Waals surface area contributed by atoms with Gasteiger partial charge in [0, 0.05) is 17.7 Å². The van der Waals surface area contributed by atoms with Gasteiger partial charge in [-0.3, -0.25) is 14.9 Å². The van der Waals surface area contributed by atoms with Gasteiger partial charge < -0.3 is 15.0 Å². The molecule has 0 bridgehead atoms. The average molecular weight is 434 g/mol. The van der Waals surface area contributed by atoms with E-state index in [0.717, 1.165) is 48.8 Å². The fourth-order valence-electron chi connectivity index (χ4n) is 3.29. The van der Waals surface area contributed by atoms with Crippen LogP contribution in [-0.2, 0) is 0 Å². The minimum Gasteiger partial charge on any atom is -0.484 e. The van der Waals surface area contributed by atoms with Gasteiger partial charge in [-0.1, -0.05) is 6.42 Å². The molecule has 162 valence electrons. The maximum Gasteiger partial charge on any atom is 0.422 e. The number of amides is 1. The van der Waals surface area contributed by atoms with E-state index >= 15 is 0 Å². The van der Waals surface area contributed by atoms with Crippen molar-refractivity contribution in [3.05, 3.63) is 57.9 Å². The highest BCUT2D eigenvalue weighted by Crippen LogP contribution is 2.35. The van der Waals surface area contributed by atoms with Crippen LogP contribution in [0.15, 0.2) is 36.4 Å². The molecule has 0 atom stereocenters. The first-order valence-electron chi connectivity index (χ1n) is 9.48. The van der Waals surface area contributed by atoms with E-state index < -0.39 is 34.9 Å². The number of fused-ring (bicyclic) bond motifs is 1. The molecule has 1 amide bonds. The Bertz CT molecular complexity index is 1160. The van der Waals surface area contributed by atoms with Crippen molar-refractivity contribution < 1.29 is 27.6 Å². The number of H-pyrrole nitrogens is 1. The number of benzene rings is 2. The molecule has 1 aliphatic rings. The fraction of sp³-hybridized carbons (Fsp3) is 0.300. The van der Waals surface area contributed by atoms with E-state index in [2.05, 4.69) is 20.0 Å². The molecule has 0 radical (unpaired) electrons. The maximum absolute atomic E-state index is 12.7. The smallest absolute Gasteiger partial charge is 0.422 e. The van der Waals surface area contributed by atoms with E-state index in [-0.39, 0.29) is 5.75 Å². The van der Waals surface area contributed by atoms with E-state index in [4.69, 9.17) is 0 Å². The standard InChI is InChI=1S/C20H17F3N4O4/c21-20(22,23)10-31-13-5-7-17(27(29)30)14(9-13)19(28)24-12-4-6-15-16(8-12)26-18(25-15)11-2-1-3-11/h4-9,11H,1-3,10H2,(H,24,28)(H,25,26). The lowest BCUT2D eigenvalue weighted by Gasteiger charge is -2.22. The van der Waals surface area contributed by atoms with Gasteiger partial charge in [-0.2, -0.15) is 13.2 Å². The molecule has 4 rings (SSSR count). The van der Waals surface area contributed by atoms with Crippen LogP contribution in [0.25, 0.3) is 11.0 Å². The van der Waals surface area contributed by atoms with Gasteiger partial charge >= 0.3 is 6.18 Å². The second-order valence-corrected chi connectivity index (χ2v) is 7.28. The Labute approximate surface area is 173 Å². The number of rotatable bonds is 6. The molecule has 1 fully saturated rings. The quantitative estimate of drug-likeness (QED) is 0.422. The first-order valence-corrected chi connectivity index (χ1v) is 9.48. The van der Waals surface area contributed by atoms with Gasteiger partial charge in [-0.05, 0) is 43.2 Å². The van der Waals surface area contributed by atoms with Gasteiger partial charge in [0.25, 0.3) is 11.6 Å². The lowest BCUT2D eigenvalue weighted by molar-refractivity contribution is -0.385. The number of halogens is 3. The van der Waals surface area contributed by atoms with Crippen molar-refractivity contribution in [1.82, 2.24) is 9.97 Å². The van der Waals surface area contributed by atoms with Crippen molar-refractivity contribution in [2.75, 3.05) is 11.9 Å². The molecule has 11 heteroatoms. The highest BCUT2D eigenvalue weighted by molar-refractivity contribution is 6.07. The summed E-state index contributed by atoms with van der Waals surface area (Å²) in [4.78, 5) is 30.9. The van der Waals surface area contributed by atoms with Crippen LogP contribution in [0.3, 0.4) is 0 Å². The van der Waals surface area contributed by atoms with Crippen LogP contribution in [0.2, 0.25) is 0 Å². The summed E-state index contributed by atoms with van der Waals surface area (Å²) in [5, 5.41) is 13.8. The Morgan fingerprint density at radius 1 is 1.26 bits per heavy atom. The maximum atomic E-state index is 12.7. The number of hydrogen-bond donors (Lipinski definition) is 2. The van der Waals surface area contributed by atoms with Gasteiger partial charge in [-0.25, -0.2) is 4.98 Å². The van der Waals surface area contributed by atoms with Gasteiger partial charge in [0.05, 0.1) is 16.0 Å². The molecule has 0 saturated heterocycles. The number of hydrogen-bond acceptors (Lipinski definition) is 5. The van der Waals surface area contributed by atoms with Crippen LogP contribution >= 0.6 is 0 Å². The summed E-state index contributed by atoms with van der Waals surface area (Å²) in [7, 11) is 0. The van der Waals surface area contributed by atoms with Crippen molar-refractivity contribution in [2.24, 2.45) is 0 Å². The SMILES string of the molecule is O=C(Nc1ccc2nc(C3CCC3)[nH]c2c1)c1cc(OCC(F)(F)F)ccc1[N+](=O)[O-]. The molecule has 8 nitrogen and oxygen atoms in total. The number of alkyl halides is 3. The number of nitrogens with zero attached hydrogens (tertiary/aromatic N) is 2. The molecule has 1 heterocycles. The van der Waals surface area contributed by atoms with Crippen LogP contribution in [0.4, 0.5) is 24.5 Å². The van der Waals surface area contributed by atoms with Crippen molar-refractivity contribution >= 4 is 28.3 Å². The molecule has 1 saturated carbocycles. The fourth-order valence-corrected chi connectivity index (χ4v) is 3.29. The largest absolute Gasteiger partial charge is 0.484 e. The molecule has 1 aromatic heterocycles. The Morgan fingerprint density at radius 3 is 2.68 bits per heavy atom. The van der Waals surface area contributed by atoms with Crippen LogP contribution in [0.5, 0.6) is 5.75 Å². The van der Waals surface area contributed by atoms with E-state index in [9.17, 15) is 28.1 Å². The van der Waals surface area contributed by atoms with Crippen molar-refractivity contribution in [2.45, 2.75) is 31.4 Å². The molecular weight excluding hydrogens is 417 g/mol. The number of carbonyl (C=O) groups is 1. The third-order valence-electron chi connectivity index (χ3n) is 5.06. The number of aromatic nitrogens is 2. The molecule has 0 unspecified atom stereocenters. The van der Waals surface area contributed by atoms with E-state index in [1.54, 1.807) is 18.2 Å². The number of ether oxygens (including phenoxy) is 1. The van der Waals surface area contributed by atoms with E-state index in [1.165, 1.54) is 0 Å². The number of nitro groups is 1.